The maximum absolute atomic E-state index is 13.5. The maximum Gasteiger partial charge on any atom is 0.405 e. The number of carbonyl (C=O) groups excluding carboxylic acids is 1. The van der Waals surface area contributed by atoms with Crippen LogP contribution in [0.5, 0.6) is 5.75 Å². The van der Waals surface area contributed by atoms with Crippen LogP contribution in [-0.4, -0.2) is 48.1 Å². The quantitative estimate of drug-likeness (QED) is 0.217. The van der Waals surface area contributed by atoms with Crippen molar-refractivity contribution in [2.45, 2.75) is 31.9 Å². The van der Waals surface area contributed by atoms with E-state index in [4.69, 9.17) is 14.2 Å². The number of nitrogens with zero attached hydrogens (tertiary/aromatic N) is 1. The molecule has 0 spiro atoms. The molecule has 216 valence electrons. The van der Waals surface area contributed by atoms with E-state index in [0.29, 0.717) is 50.6 Å². The van der Waals surface area contributed by atoms with Crippen LogP contribution in [0.3, 0.4) is 0 Å². The molecule has 4 aromatic carbocycles. The monoisotopic (exact) mass is 566 g/mol. The first-order valence-electron chi connectivity index (χ1n) is 14.0. The van der Waals surface area contributed by atoms with Gasteiger partial charge in [0.1, 0.15) is 12.4 Å². The molecule has 1 aliphatic rings. The lowest BCUT2D eigenvalue weighted by Gasteiger charge is -2.24. The van der Waals surface area contributed by atoms with Crippen LogP contribution in [-0.2, 0) is 22.6 Å². The third-order valence-electron chi connectivity index (χ3n) is 7.03. The SMILES string of the molecule is O=C(O)N[C@@H](c1ccccc1)c1cccc(OCc2ccc(C(=O)N(CCC3OCCO3)Cc3ccccc3)cc2)c1. The molecule has 2 amide bonds. The van der Waals surface area contributed by atoms with E-state index in [0.717, 1.165) is 22.3 Å². The lowest BCUT2D eigenvalue weighted by molar-refractivity contribution is -0.0505. The Morgan fingerprint density at radius 3 is 2.19 bits per heavy atom. The fourth-order valence-corrected chi connectivity index (χ4v) is 4.90. The number of carbonyl (C=O) groups is 2. The highest BCUT2D eigenvalue weighted by atomic mass is 16.7. The van der Waals surface area contributed by atoms with Gasteiger partial charge in [-0.05, 0) is 46.5 Å². The lowest BCUT2D eigenvalue weighted by Crippen LogP contribution is -2.33. The van der Waals surface area contributed by atoms with Gasteiger partial charge < -0.3 is 29.5 Å². The van der Waals surface area contributed by atoms with Gasteiger partial charge in [-0.2, -0.15) is 0 Å². The Balaban J connectivity index is 1.23. The highest BCUT2D eigenvalue weighted by molar-refractivity contribution is 5.94. The van der Waals surface area contributed by atoms with Crippen LogP contribution in [0.25, 0.3) is 0 Å². The molecule has 2 N–H and O–H groups in total. The zero-order valence-corrected chi connectivity index (χ0v) is 23.2. The highest BCUT2D eigenvalue weighted by Gasteiger charge is 2.21. The Bertz CT molecular complexity index is 1440. The Kier molecular flexibility index (Phi) is 9.82. The van der Waals surface area contributed by atoms with Gasteiger partial charge in [-0.1, -0.05) is 84.9 Å². The molecule has 8 heteroatoms. The first-order valence-corrected chi connectivity index (χ1v) is 14.0. The van der Waals surface area contributed by atoms with Gasteiger partial charge in [-0.15, -0.1) is 0 Å². The van der Waals surface area contributed by atoms with Crippen LogP contribution in [0, 0.1) is 0 Å². The van der Waals surface area contributed by atoms with E-state index in [1.54, 1.807) is 0 Å². The number of hydrogen-bond acceptors (Lipinski definition) is 5. The molecule has 0 unspecified atom stereocenters. The van der Waals surface area contributed by atoms with Crippen LogP contribution in [0.2, 0.25) is 0 Å². The molecule has 4 aromatic rings. The van der Waals surface area contributed by atoms with Crippen LogP contribution in [0.1, 0.15) is 45.1 Å². The van der Waals surface area contributed by atoms with E-state index in [-0.39, 0.29) is 12.2 Å². The van der Waals surface area contributed by atoms with Crippen LogP contribution >= 0.6 is 0 Å². The van der Waals surface area contributed by atoms with E-state index in [1.807, 2.05) is 114 Å². The molecule has 42 heavy (non-hydrogen) atoms. The van der Waals surface area contributed by atoms with Crippen molar-refractivity contribution in [3.05, 3.63) is 137 Å². The van der Waals surface area contributed by atoms with Crippen molar-refractivity contribution in [2.24, 2.45) is 0 Å². The van der Waals surface area contributed by atoms with Gasteiger partial charge in [-0.25, -0.2) is 4.79 Å². The second-order valence-electron chi connectivity index (χ2n) is 10.0. The van der Waals surface area contributed by atoms with Crippen molar-refractivity contribution in [2.75, 3.05) is 19.8 Å². The van der Waals surface area contributed by atoms with Gasteiger partial charge in [0.25, 0.3) is 5.91 Å². The molecule has 1 saturated heterocycles. The standard InChI is InChI=1S/C34H34N2O6/c37-33(36(19-18-31-40-20-21-41-31)23-25-8-3-1-4-9-25)28-16-14-26(15-17-28)24-42-30-13-7-12-29(22-30)32(35-34(38)39)27-10-5-2-6-11-27/h1-17,22,31-32,35H,18-21,23-24H2,(H,38,39)/t32-/m0/s1. The molecule has 8 nitrogen and oxygen atoms in total. The van der Waals surface area contributed by atoms with Crippen molar-refractivity contribution >= 4 is 12.0 Å². The summed E-state index contributed by atoms with van der Waals surface area (Å²) in [6.07, 6.45) is -0.777. The second-order valence-corrected chi connectivity index (χ2v) is 10.0. The Labute approximate surface area is 245 Å². The topological polar surface area (TPSA) is 97.3 Å². The summed E-state index contributed by atoms with van der Waals surface area (Å²) < 4.78 is 17.2. The zero-order valence-electron chi connectivity index (χ0n) is 23.2. The number of amides is 2. The van der Waals surface area contributed by atoms with E-state index >= 15 is 0 Å². The number of nitrogens with one attached hydrogen (secondary N) is 1. The van der Waals surface area contributed by atoms with Gasteiger partial charge in [0.05, 0.1) is 19.3 Å². The molecule has 0 saturated carbocycles. The molecule has 1 heterocycles. The van der Waals surface area contributed by atoms with Gasteiger partial charge in [0, 0.05) is 25.1 Å². The molecule has 0 radical (unpaired) electrons. The van der Waals surface area contributed by atoms with Crippen LogP contribution in [0.4, 0.5) is 4.79 Å². The van der Waals surface area contributed by atoms with Crippen molar-refractivity contribution in [1.82, 2.24) is 10.2 Å². The summed E-state index contributed by atoms with van der Waals surface area (Å²) in [6.45, 7) is 2.47. The molecular formula is C34H34N2O6. The summed E-state index contributed by atoms with van der Waals surface area (Å²) in [5.74, 6) is 0.557. The molecular weight excluding hydrogens is 532 g/mol. The number of ether oxygens (including phenoxy) is 3. The van der Waals surface area contributed by atoms with Gasteiger partial charge in [-0.3, -0.25) is 4.79 Å². The van der Waals surface area contributed by atoms with E-state index in [1.165, 1.54) is 0 Å². The maximum atomic E-state index is 13.5. The normalized spacial score (nSPS) is 13.8. The third kappa shape index (κ3) is 7.96. The van der Waals surface area contributed by atoms with Crippen molar-refractivity contribution in [1.29, 1.82) is 0 Å². The largest absolute Gasteiger partial charge is 0.489 e. The number of carboxylic acid groups (broad SMARTS) is 1. The fourth-order valence-electron chi connectivity index (χ4n) is 4.90. The predicted octanol–water partition coefficient (Wildman–Crippen LogP) is 6.03. The summed E-state index contributed by atoms with van der Waals surface area (Å²) in [5, 5.41) is 12.0. The molecule has 0 bridgehead atoms. The summed E-state index contributed by atoms with van der Waals surface area (Å²) in [6, 6.07) is 33.6. The van der Waals surface area contributed by atoms with Crippen LogP contribution < -0.4 is 10.1 Å². The van der Waals surface area contributed by atoms with Gasteiger partial charge in [0.15, 0.2) is 6.29 Å². The molecule has 1 aliphatic heterocycles. The van der Waals surface area contributed by atoms with Gasteiger partial charge in [0.2, 0.25) is 0 Å². The van der Waals surface area contributed by atoms with Crippen LogP contribution in [0.15, 0.2) is 109 Å². The Morgan fingerprint density at radius 1 is 0.833 bits per heavy atom. The first-order chi connectivity index (χ1) is 20.5. The number of rotatable bonds is 12. The molecule has 5 rings (SSSR count). The lowest BCUT2D eigenvalue weighted by atomic mass is 9.98. The third-order valence-corrected chi connectivity index (χ3v) is 7.03. The minimum Gasteiger partial charge on any atom is -0.489 e. The number of hydrogen-bond donors (Lipinski definition) is 2. The average Bonchev–Trinajstić information content (AvgIpc) is 3.56. The minimum absolute atomic E-state index is 0.0603. The molecule has 0 aromatic heterocycles. The predicted molar refractivity (Wildman–Crippen MR) is 158 cm³/mol. The zero-order chi connectivity index (χ0) is 29.1. The van der Waals surface area contributed by atoms with E-state index < -0.39 is 12.1 Å². The highest BCUT2D eigenvalue weighted by Crippen LogP contribution is 2.26. The smallest absolute Gasteiger partial charge is 0.405 e. The van der Waals surface area contributed by atoms with Crippen molar-refractivity contribution < 1.29 is 28.9 Å². The summed E-state index contributed by atoms with van der Waals surface area (Å²) in [5.41, 5.74) is 4.16. The fraction of sp³-hybridized carbons (Fsp3) is 0.235. The molecule has 0 aliphatic carbocycles. The number of benzene rings is 4. The molecule has 1 atom stereocenters. The molecule has 1 fully saturated rings. The summed E-state index contributed by atoms with van der Waals surface area (Å²) >= 11 is 0. The van der Waals surface area contributed by atoms with E-state index in [2.05, 4.69) is 5.32 Å². The van der Waals surface area contributed by atoms with Crippen molar-refractivity contribution in [3.8, 4) is 5.75 Å². The summed E-state index contributed by atoms with van der Waals surface area (Å²) in [7, 11) is 0. The first kappa shape index (κ1) is 28.9. The van der Waals surface area contributed by atoms with Gasteiger partial charge >= 0.3 is 6.09 Å². The van der Waals surface area contributed by atoms with Crippen molar-refractivity contribution in [3.63, 3.8) is 0 Å². The average molecular weight is 567 g/mol. The van der Waals surface area contributed by atoms with E-state index in [9.17, 15) is 14.7 Å². The summed E-state index contributed by atoms with van der Waals surface area (Å²) in [4.78, 5) is 26.8. The Hall–Kier alpha value is -4.66. The second kappa shape index (κ2) is 14.3. The minimum atomic E-state index is -1.10. The Morgan fingerprint density at radius 2 is 1.50 bits per heavy atom.